The lowest BCUT2D eigenvalue weighted by Crippen LogP contribution is -2.18. The summed E-state index contributed by atoms with van der Waals surface area (Å²) in [5.74, 6) is -2.47. The molecule has 3 rings (SSSR count). The first kappa shape index (κ1) is 19.2. The van der Waals surface area contributed by atoms with Gasteiger partial charge in [-0.05, 0) is 18.6 Å². The van der Waals surface area contributed by atoms with Gasteiger partial charge in [-0.1, -0.05) is 30.3 Å². The molecule has 8 heteroatoms. The zero-order valence-electron chi connectivity index (χ0n) is 14.8. The van der Waals surface area contributed by atoms with Crippen molar-refractivity contribution in [2.24, 2.45) is 0 Å². The van der Waals surface area contributed by atoms with Crippen molar-refractivity contribution in [3.8, 4) is 11.1 Å². The summed E-state index contributed by atoms with van der Waals surface area (Å²) >= 11 is 1.17. The highest BCUT2D eigenvalue weighted by Gasteiger charge is 2.24. The van der Waals surface area contributed by atoms with Crippen LogP contribution in [-0.4, -0.2) is 34.5 Å². The van der Waals surface area contributed by atoms with E-state index in [1.165, 1.54) is 23.6 Å². The highest BCUT2D eigenvalue weighted by molar-refractivity contribution is 7.15. The number of hydrogen-bond acceptors (Lipinski definition) is 6. The van der Waals surface area contributed by atoms with Crippen molar-refractivity contribution in [1.29, 1.82) is 0 Å². The van der Waals surface area contributed by atoms with Crippen molar-refractivity contribution >= 4 is 34.2 Å². The highest BCUT2D eigenvalue weighted by Crippen LogP contribution is 2.36. The number of thiophene rings is 1. The Morgan fingerprint density at radius 3 is 2.57 bits per heavy atom. The maximum absolute atomic E-state index is 12.7. The van der Waals surface area contributed by atoms with E-state index >= 15 is 0 Å². The first-order valence-corrected chi connectivity index (χ1v) is 9.23. The molecule has 3 aromatic rings. The number of nitrogens with zero attached hydrogens (tertiary/aromatic N) is 1. The summed E-state index contributed by atoms with van der Waals surface area (Å²) < 4.78 is 5.15. The van der Waals surface area contributed by atoms with Gasteiger partial charge in [0.1, 0.15) is 10.6 Å². The van der Waals surface area contributed by atoms with E-state index in [4.69, 9.17) is 4.74 Å². The second-order valence-electron chi connectivity index (χ2n) is 5.62. The molecule has 0 fully saturated rings. The van der Waals surface area contributed by atoms with Crippen molar-refractivity contribution in [2.75, 3.05) is 11.9 Å². The van der Waals surface area contributed by atoms with Crippen LogP contribution >= 0.6 is 11.3 Å². The lowest BCUT2D eigenvalue weighted by Gasteiger charge is -2.10. The molecular formula is C20H16N2O5S. The third kappa shape index (κ3) is 3.91. The lowest BCUT2D eigenvalue weighted by atomic mass is 10.0. The van der Waals surface area contributed by atoms with E-state index in [1.807, 2.05) is 30.3 Å². The molecule has 1 amide bonds. The minimum atomic E-state index is -1.26. The molecule has 0 radical (unpaired) electrons. The van der Waals surface area contributed by atoms with E-state index in [-0.39, 0.29) is 28.3 Å². The van der Waals surface area contributed by atoms with Crippen LogP contribution in [0.25, 0.3) is 11.1 Å². The standard InChI is InChI=1S/C20H16N2O5S/c1-2-27-20(26)16-15(12-6-4-3-5-7-12)11-28-18(16)22-17(23)13-8-9-21-10-14(13)19(24)25/h3-11H,2H2,1H3,(H,22,23)(H,24,25). The van der Waals surface area contributed by atoms with Crippen LogP contribution in [-0.2, 0) is 4.74 Å². The summed E-state index contributed by atoms with van der Waals surface area (Å²) in [7, 11) is 0. The van der Waals surface area contributed by atoms with Crippen molar-refractivity contribution < 1.29 is 24.2 Å². The number of esters is 1. The number of ether oxygens (including phenoxy) is 1. The number of aromatic carboxylic acids is 1. The normalized spacial score (nSPS) is 10.3. The Bertz CT molecular complexity index is 1030. The van der Waals surface area contributed by atoms with E-state index in [2.05, 4.69) is 10.3 Å². The van der Waals surface area contributed by atoms with Gasteiger partial charge in [-0.3, -0.25) is 9.78 Å². The summed E-state index contributed by atoms with van der Waals surface area (Å²) in [6.45, 7) is 1.88. The number of hydrogen-bond donors (Lipinski definition) is 2. The maximum atomic E-state index is 12.7. The average molecular weight is 396 g/mol. The summed E-state index contributed by atoms with van der Waals surface area (Å²) in [6.07, 6.45) is 2.44. The predicted molar refractivity (Wildman–Crippen MR) is 105 cm³/mol. The van der Waals surface area contributed by atoms with Crippen LogP contribution in [0.15, 0.2) is 54.2 Å². The minimum absolute atomic E-state index is 0.0491. The lowest BCUT2D eigenvalue weighted by molar-refractivity contribution is 0.0528. The Labute approximate surface area is 164 Å². The number of rotatable bonds is 6. The Morgan fingerprint density at radius 2 is 1.89 bits per heavy atom. The number of amides is 1. The van der Waals surface area contributed by atoms with E-state index in [1.54, 1.807) is 12.3 Å². The van der Waals surface area contributed by atoms with Gasteiger partial charge < -0.3 is 15.2 Å². The highest BCUT2D eigenvalue weighted by atomic mass is 32.1. The predicted octanol–water partition coefficient (Wildman–Crippen LogP) is 3.94. The van der Waals surface area contributed by atoms with Crippen LogP contribution in [0.3, 0.4) is 0 Å². The van der Waals surface area contributed by atoms with Crippen LogP contribution in [0.2, 0.25) is 0 Å². The quantitative estimate of drug-likeness (QED) is 0.612. The van der Waals surface area contributed by atoms with Crippen LogP contribution in [0.1, 0.15) is 38.0 Å². The van der Waals surface area contributed by atoms with Gasteiger partial charge in [-0.25, -0.2) is 9.59 Å². The molecule has 2 aromatic heterocycles. The van der Waals surface area contributed by atoms with Crippen LogP contribution in [0.4, 0.5) is 5.00 Å². The van der Waals surface area contributed by atoms with Crippen molar-refractivity contribution in [3.05, 3.63) is 70.9 Å². The average Bonchev–Trinajstić information content (AvgIpc) is 3.12. The molecule has 0 atom stereocenters. The monoisotopic (exact) mass is 396 g/mol. The molecule has 0 bridgehead atoms. The molecule has 0 saturated heterocycles. The molecule has 0 aliphatic carbocycles. The molecule has 28 heavy (non-hydrogen) atoms. The zero-order valence-corrected chi connectivity index (χ0v) is 15.7. The fourth-order valence-corrected chi connectivity index (χ4v) is 3.57. The second-order valence-corrected chi connectivity index (χ2v) is 6.50. The number of carboxylic acids is 1. The SMILES string of the molecule is CCOC(=O)c1c(-c2ccccc2)csc1NC(=O)c1ccncc1C(=O)O. The first-order valence-electron chi connectivity index (χ1n) is 8.35. The molecule has 0 saturated carbocycles. The minimum Gasteiger partial charge on any atom is -0.478 e. The van der Waals surface area contributed by atoms with Gasteiger partial charge in [-0.15, -0.1) is 11.3 Å². The third-order valence-electron chi connectivity index (χ3n) is 3.88. The van der Waals surface area contributed by atoms with E-state index in [0.717, 1.165) is 11.8 Å². The zero-order chi connectivity index (χ0) is 20.1. The number of carbonyl (C=O) groups is 3. The summed E-state index contributed by atoms with van der Waals surface area (Å²) in [6, 6.07) is 10.6. The first-order chi connectivity index (χ1) is 13.5. The Morgan fingerprint density at radius 1 is 1.14 bits per heavy atom. The van der Waals surface area contributed by atoms with Gasteiger partial charge in [0, 0.05) is 23.3 Å². The molecule has 0 unspecified atom stereocenters. The fraction of sp³-hybridized carbons (Fsp3) is 0.100. The number of pyridine rings is 1. The molecule has 1 aromatic carbocycles. The Balaban J connectivity index is 2.01. The number of aromatic nitrogens is 1. The van der Waals surface area contributed by atoms with Gasteiger partial charge in [0.15, 0.2) is 0 Å². The van der Waals surface area contributed by atoms with Crippen LogP contribution in [0, 0.1) is 0 Å². The van der Waals surface area contributed by atoms with E-state index in [9.17, 15) is 19.5 Å². The molecule has 2 heterocycles. The molecule has 2 N–H and O–H groups in total. The maximum Gasteiger partial charge on any atom is 0.341 e. The summed E-state index contributed by atoms with van der Waals surface area (Å²) in [5.41, 5.74) is 1.40. The van der Waals surface area contributed by atoms with Gasteiger partial charge >= 0.3 is 11.9 Å². The molecule has 7 nitrogen and oxygen atoms in total. The summed E-state index contributed by atoms with van der Waals surface area (Å²) in [5, 5.41) is 13.9. The van der Waals surface area contributed by atoms with Gasteiger partial charge in [0.05, 0.1) is 17.7 Å². The van der Waals surface area contributed by atoms with Gasteiger partial charge in [0.25, 0.3) is 5.91 Å². The number of carbonyl (C=O) groups excluding carboxylic acids is 2. The molecule has 0 spiro atoms. The third-order valence-corrected chi connectivity index (χ3v) is 4.77. The fourth-order valence-electron chi connectivity index (χ4n) is 2.62. The van der Waals surface area contributed by atoms with Crippen LogP contribution in [0.5, 0.6) is 0 Å². The van der Waals surface area contributed by atoms with Crippen LogP contribution < -0.4 is 5.32 Å². The number of anilines is 1. The van der Waals surface area contributed by atoms with Gasteiger partial charge in [-0.2, -0.15) is 0 Å². The van der Waals surface area contributed by atoms with Crippen molar-refractivity contribution in [1.82, 2.24) is 4.98 Å². The van der Waals surface area contributed by atoms with E-state index < -0.39 is 17.8 Å². The Kier molecular flexibility index (Phi) is 5.81. The molecule has 0 aliphatic rings. The Hall–Kier alpha value is -3.52. The number of benzene rings is 1. The van der Waals surface area contributed by atoms with Crippen molar-refractivity contribution in [3.63, 3.8) is 0 Å². The largest absolute Gasteiger partial charge is 0.478 e. The molecule has 0 aliphatic heterocycles. The topological polar surface area (TPSA) is 106 Å². The smallest absolute Gasteiger partial charge is 0.341 e. The number of nitrogens with one attached hydrogen (secondary N) is 1. The second kappa shape index (κ2) is 8.45. The number of carboxylic acid groups (broad SMARTS) is 1. The van der Waals surface area contributed by atoms with Crippen molar-refractivity contribution in [2.45, 2.75) is 6.92 Å². The van der Waals surface area contributed by atoms with Gasteiger partial charge in [0.2, 0.25) is 0 Å². The molecular weight excluding hydrogens is 380 g/mol. The summed E-state index contributed by atoms with van der Waals surface area (Å²) in [4.78, 5) is 40.3. The van der Waals surface area contributed by atoms with E-state index in [0.29, 0.717) is 5.56 Å². The molecule has 142 valence electrons.